The van der Waals surface area contributed by atoms with Crippen molar-refractivity contribution < 1.29 is 14.3 Å². The van der Waals surface area contributed by atoms with E-state index >= 15 is 0 Å². The largest absolute Gasteiger partial charge is 0.454 e. The molecule has 4 rings (SSSR count). The summed E-state index contributed by atoms with van der Waals surface area (Å²) in [7, 11) is 3.26. The smallest absolute Gasteiger partial charge is 0.231 e. The van der Waals surface area contributed by atoms with Gasteiger partial charge in [-0.1, -0.05) is 0 Å². The number of benzene rings is 1. The number of aromatic nitrogens is 2. The molecule has 0 atom stereocenters. The number of hydrogen-bond donors (Lipinski definition) is 2. The molecule has 1 aromatic carbocycles. The average Bonchev–Trinajstić information content (AvgIpc) is 3.27. The summed E-state index contributed by atoms with van der Waals surface area (Å²) < 4.78 is 10.8. The Kier molecular flexibility index (Phi) is 4.59. The number of nitrogens with zero attached hydrogens (tertiary/aromatic N) is 2. The molecule has 0 amide bonds. The van der Waals surface area contributed by atoms with Crippen LogP contribution >= 0.6 is 11.3 Å². The average molecular weight is 344 g/mol. The van der Waals surface area contributed by atoms with E-state index in [1.54, 1.807) is 7.05 Å². The number of carbonyl (C=O) groups is 1. The molecule has 0 unspecified atom stereocenters. The van der Waals surface area contributed by atoms with Gasteiger partial charge in [-0.05, 0) is 31.3 Å². The standard InChI is InChI=1S/C15H11N3O3S.CH5N/c1-16-15-17-13(10-5-9(6-19)22-14(10)18-15)8-2-3-11-12(4-8)21-7-20-11;1-2/h2-6H,7H2,1H3,(H,16,17,18);2H2,1H3. The Hall–Kier alpha value is -2.71. The zero-order chi connectivity index (χ0) is 17.1. The minimum atomic E-state index is 0.230. The highest BCUT2D eigenvalue weighted by Crippen LogP contribution is 2.38. The maximum Gasteiger partial charge on any atom is 0.231 e. The van der Waals surface area contributed by atoms with Gasteiger partial charge in [0.2, 0.25) is 12.7 Å². The first kappa shape index (κ1) is 16.2. The van der Waals surface area contributed by atoms with Gasteiger partial charge in [-0.15, -0.1) is 11.3 Å². The Morgan fingerprint density at radius 1 is 1.21 bits per heavy atom. The predicted octanol–water partition coefficient (Wildman–Crippen LogP) is 2.52. The summed E-state index contributed by atoms with van der Waals surface area (Å²) in [5.74, 6) is 1.93. The van der Waals surface area contributed by atoms with Crippen LogP contribution in [0.5, 0.6) is 11.5 Å². The molecule has 124 valence electrons. The van der Waals surface area contributed by atoms with Crippen LogP contribution in [0.3, 0.4) is 0 Å². The summed E-state index contributed by atoms with van der Waals surface area (Å²) in [5, 5.41) is 3.80. The number of nitrogens with two attached hydrogens (primary N) is 1. The summed E-state index contributed by atoms with van der Waals surface area (Å²) in [5.41, 5.74) is 6.15. The van der Waals surface area contributed by atoms with Crippen LogP contribution in [0.4, 0.5) is 5.95 Å². The van der Waals surface area contributed by atoms with Crippen LogP contribution in [0, 0.1) is 0 Å². The summed E-state index contributed by atoms with van der Waals surface area (Å²) in [6.07, 6.45) is 0.828. The van der Waals surface area contributed by atoms with E-state index in [2.05, 4.69) is 21.0 Å². The van der Waals surface area contributed by atoms with Crippen LogP contribution in [-0.4, -0.2) is 37.1 Å². The molecule has 0 saturated carbocycles. The molecule has 3 N–H and O–H groups in total. The molecule has 1 aliphatic rings. The lowest BCUT2D eigenvalue weighted by molar-refractivity contribution is 0.112. The minimum Gasteiger partial charge on any atom is -0.454 e. The predicted molar refractivity (Wildman–Crippen MR) is 94.0 cm³/mol. The normalized spacial score (nSPS) is 11.8. The second-order valence-corrected chi connectivity index (χ2v) is 5.76. The topological polar surface area (TPSA) is 99.4 Å². The first-order chi connectivity index (χ1) is 11.8. The molecule has 7 nitrogen and oxygen atoms in total. The molecule has 24 heavy (non-hydrogen) atoms. The van der Waals surface area contributed by atoms with Gasteiger partial charge in [0.25, 0.3) is 0 Å². The molecule has 8 heteroatoms. The molecular formula is C16H16N4O3S. The van der Waals surface area contributed by atoms with Crippen LogP contribution in [0.2, 0.25) is 0 Å². The van der Waals surface area contributed by atoms with Crippen molar-refractivity contribution in [3.05, 3.63) is 29.1 Å². The third kappa shape index (κ3) is 2.77. The maximum atomic E-state index is 11.0. The van der Waals surface area contributed by atoms with Crippen molar-refractivity contribution in [3.8, 4) is 22.8 Å². The van der Waals surface area contributed by atoms with Crippen molar-refractivity contribution in [3.63, 3.8) is 0 Å². The highest BCUT2D eigenvalue weighted by atomic mass is 32.1. The Morgan fingerprint density at radius 2 is 2.00 bits per heavy atom. The second-order valence-electron chi connectivity index (χ2n) is 4.70. The number of ether oxygens (including phenoxy) is 2. The van der Waals surface area contributed by atoms with Crippen molar-refractivity contribution in [1.29, 1.82) is 0 Å². The fourth-order valence-corrected chi connectivity index (χ4v) is 3.22. The zero-order valence-electron chi connectivity index (χ0n) is 13.2. The van der Waals surface area contributed by atoms with E-state index in [0.29, 0.717) is 16.6 Å². The third-order valence-corrected chi connectivity index (χ3v) is 4.35. The van der Waals surface area contributed by atoms with E-state index in [-0.39, 0.29) is 6.79 Å². The van der Waals surface area contributed by atoms with Gasteiger partial charge in [0.1, 0.15) is 4.83 Å². The van der Waals surface area contributed by atoms with E-state index < -0.39 is 0 Å². The molecule has 3 heterocycles. The monoisotopic (exact) mass is 344 g/mol. The van der Waals surface area contributed by atoms with Gasteiger partial charge in [-0.2, -0.15) is 0 Å². The molecule has 3 aromatic rings. The first-order valence-corrected chi connectivity index (χ1v) is 8.02. The van der Waals surface area contributed by atoms with Crippen molar-refractivity contribution >= 4 is 33.8 Å². The van der Waals surface area contributed by atoms with E-state index in [1.807, 2.05) is 24.3 Å². The highest BCUT2D eigenvalue weighted by molar-refractivity contribution is 7.20. The van der Waals surface area contributed by atoms with Crippen LogP contribution in [0.1, 0.15) is 9.67 Å². The lowest BCUT2D eigenvalue weighted by Gasteiger charge is -2.06. The minimum absolute atomic E-state index is 0.230. The number of hydrogen-bond acceptors (Lipinski definition) is 8. The molecule has 0 spiro atoms. The van der Waals surface area contributed by atoms with Gasteiger partial charge >= 0.3 is 0 Å². The number of carbonyl (C=O) groups excluding carboxylic acids is 1. The summed E-state index contributed by atoms with van der Waals surface area (Å²) in [6, 6.07) is 7.48. The van der Waals surface area contributed by atoms with E-state index in [0.717, 1.165) is 33.5 Å². The Morgan fingerprint density at radius 3 is 2.75 bits per heavy atom. The van der Waals surface area contributed by atoms with Crippen molar-refractivity contribution in [2.24, 2.45) is 5.73 Å². The number of aldehydes is 1. The number of fused-ring (bicyclic) bond motifs is 2. The van der Waals surface area contributed by atoms with E-state index in [1.165, 1.54) is 18.4 Å². The molecule has 0 saturated heterocycles. The van der Waals surface area contributed by atoms with Crippen molar-refractivity contribution in [2.75, 3.05) is 26.2 Å². The lowest BCUT2D eigenvalue weighted by Crippen LogP contribution is -1.97. The Balaban J connectivity index is 0.000000815. The first-order valence-electron chi connectivity index (χ1n) is 7.21. The van der Waals surface area contributed by atoms with Gasteiger partial charge in [-0.25, -0.2) is 9.97 Å². The highest BCUT2D eigenvalue weighted by Gasteiger charge is 2.17. The van der Waals surface area contributed by atoms with E-state index in [9.17, 15) is 4.79 Å². The zero-order valence-corrected chi connectivity index (χ0v) is 14.0. The molecule has 2 aromatic heterocycles. The lowest BCUT2D eigenvalue weighted by atomic mass is 10.1. The van der Waals surface area contributed by atoms with Gasteiger partial charge in [0.05, 0.1) is 10.6 Å². The molecule has 0 aliphatic carbocycles. The molecule has 0 radical (unpaired) electrons. The van der Waals surface area contributed by atoms with Crippen molar-refractivity contribution in [1.82, 2.24) is 9.97 Å². The fraction of sp³-hybridized carbons (Fsp3) is 0.188. The van der Waals surface area contributed by atoms with Crippen LogP contribution in [0.25, 0.3) is 21.5 Å². The summed E-state index contributed by atoms with van der Waals surface area (Å²) in [6.45, 7) is 0.230. The van der Waals surface area contributed by atoms with Gasteiger partial charge in [0.15, 0.2) is 17.8 Å². The number of rotatable bonds is 3. The van der Waals surface area contributed by atoms with Gasteiger partial charge in [0, 0.05) is 18.0 Å². The maximum absolute atomic E-state index is 11.0. The number of anilines is 1. The van der Waals surface area contributed by atoms with Gasteiger partial charge < -0.3 is 20.5 Å². The number of nitrogens with one attached hydrogen (secondary N) is 1. The molecule has 0 fully saturated rings. The SMILES string of the molecule is CN.CNc1nc(-c2ccc3c(c2)OCO3)c2cc(C=O)sc2n1. The molecular weight excluding hydrogens is 328 g/mol. The quantitative estimate of drug-likeness (QED) is 0.704. The Labute approximate surface area is 142 Å². The second kappa shape index (κ2) is 6.81. The van der Waals surface area contributed by atoms with Crippen LogP contribution in [-0.2, 0) is 0 Å². The third-order valence-electron chi connectivity index (χ3n) is 3.40. The molecule has 1 aliphatic heterocycles. The van der Waals surface area contributed by atoms with Gasteiger partial charge in [-0.3, -0.25) is 4.79 Å². The van der Waals surface area contributed by atoms with Crippen LogP contribution < -0.4 is 20.5 Å². The van der Waals surface area contributed by atoms with Crippen molar-refractivity contribution in [2.45, 2.75) is 0 Å². The summed E-state index contributed by atoms with van der Waals surface area (Å²) >= 11 is 1.35. The van der Waals surface area contributed by atoms with Crippen LogP contribution in [0.15, 0.2) is 24.3 Å². The number of thiophene rings is 1. The summed E-state index contributed by atoms with van der Waals surface area (Å²) in [4.78, 5) is 21.4. The fourth-order valence-electron chi connectivity index (χ4n) is 2.37. The van der Waals surface area contributed by atoms with E-state index in [4.69, 9.17) is 9.47 Å². The molecule has 0 bridgehead atoms. The Bertz CT molecular complexity index is 894.